The highest BCUT2D eigenvalue weighted by atomic mass is 32.1. The number of nitrogens with zero attached hydrogens (tertiary/aromatic N) is 1. The van der Waals surface area contributed by atoms with Crippen LogP contribution >= 0.6 is 22.7 Å². The first kappa shape index (κ1) is 14.1. The van der Waals surface area contributed by atoms with Gasteiger partial charge in [-0.2, -0.15) is 0 Å². The van der Waals surface area contributed by atoms with E-state index in [4.69, 9.17) is 4.42 Å². The molecule has 4 aromatic rings. The number of hydrogen-bond donors (Lipinski definition) is 0. The van der Waals surface area contributed by atoms with Crippen LogP contribution in [0.5, 0.6) is 0 Å². The molecule has 1 aromatic carbocycles. The van der Waals surface area contributed by atoms with E-state index in [9.17, 15) is 14.9 Å². The first-order chi connectivity index (χ1) is 11.1. The van der Waals surface area contributed by atoms with Crippen LogP contribution < -0.4 is 5.43 Å². The molecule has 0 saturated carbocycles. The van der Waals surface area contributed by atoms with E-state index in [1.807, 2.05) is 13.0 Å². The Morgan fingerprint density at radius 1 is 1.13 bits per heavy atom. The summed E-state index contributed by atoms with van der Waals surface area (Å²) in [6, 6.07) is 10.3. The number of aryl methyl sites for hydroxylation is 1. The van der Waals surface area contributed by atoms with Crippen molar-refractivity contribution in [2.75, 3.05) is 0 Å². The van der Waals surface area contributed by atoms with Crippen molar-refractivity contribution in [3.8, 4) is 9.75 Å². The summed E-state index contributed by atoms with van der Waals surface area (Å²) in [7, 11) is 0. The average molecular weight is 343 g/mol. The Hall–Kier alpha value is -2.51. The van der Waals surface area contributed by atoms with Crippen molar-refractivity contribution in [1.29, 1.82) is 0 Å². The summed E-state index contributed by atoms with van der Waals surface area (Å²) in [5.74, 6) is 0. The fraction of sp³-hybridized carbons (Fsp3) is 0.0625. The second kappa shape index (κ2) is 5.00. The zero-order valence-corrected chi connectivity index (χ0v) is 13.5. The maximum atomic E-state index is 12.9. The molecule has 0 aliphatic carbocycles. The van der Waals surface area contributed by atoms with E-state index >= 15 is 0 Å². The lowest BCUT2D eigenvalue weighted by Gasteiger charge is -1.99. The van der Waals surface area contributed by atoms with Gasteiger partial charge in [-0.25, -0.2) is 0 Å². The fourth-order valence-electron chi connectivity index (χ4n) is 2.57. The van der Waals surface area contributed by atoms with Crippen molar-refractivity contribution in [2.24, 2.45) is 0 Å². The lowest BCUT2D eigenvalue weighted by Crippen LogP contribution is -2.01. The molecule has 114 valence electrons. The quantitative estimate of drug-likeness (QED) is 0.381. The molecule has 0 saturated heterocycles. The number of benzene rings is 1. The van der Waals surface area contributed by atoms with E-state index in [1.54, 1.807) is 24.3 Å². The monoisotopic (exact) mass is 343 g/mol. The van der Waals surface area contributed by atoms with Crippen molar-refractivity contribution in [2.45, 2.75) is 6.92 Å². The molecule has 0 N–H and O–H groups in total. The van der Waals surface area contributed by atoms with Crippen LogP contribution in [0, 0.1) is 17.0 Å². The molecule has 7 heteroatoms. The van der Waals surface area contributed by atoms with Crippen molar-refractivity contribution >= 4 is 49.6 Å². The highest BCUT2D eigenvalue weighted by Crippen LogP contribution is 2.42. The summed E-state index contributed by atoms with van der Waals surface area (Å²) in [5.41, 5.74) is 1.01. The van der Waals surface area contributed by atoms with Crippen LogP contribution in [-0.4, -0.2) is 4.92 Å². The molecule has 0 spiro atoms. The molecule has 4 rings (SSSR count). The smallest absolute Gasteiger partial charge is 0.324 e. The van der Waals surface area contributed by atoms with Crippen LogP contribution in [0.2, 0.25) is 0 Å². The second-order valence-corrected chi connectivity index (χ2v) is 7.30. The summed E-state index contributed by atoms with van der Waals surface area (Å²) in [4.78, 5) is 25.7. The highest BCUT2D eigenvalue weighted by molar-refractivity contribution is 7.24. The Bertz CT molecular complexity index is 1140. The standard InChI is InChI=1S/C16H9NO4S2/c1-8-15-13(14(18)9-4-2-3-5-10(9)21-15)16(22-8)11-6-7-12(23-11)17(19)20/h2-7H,1H3. The SMILES string of the molecule is Cc1sc(-c2ccc([N+](=O)[O-])s2)c2c(=O)c3ccccc3oc12. The zero-order valence-electron chi connectivity index (χ0n) is 11.9. The predicted molar refractivity (Wildman–Crippen MR) is 92.6 cm³/mol. The largest absolute Gasteiger partial charge is 0.455 e. The van der Waals surface area contributed by atoms with Crippen LogP contribution in [0.1, 0.15) is 4.88 Å². The summed E-state index contributed by atoms with van der Waals surface area (Å²) in [6.07, 6.45) is 0. The van der Waals surface area contributed by atoms with Gasteiger partial charge in [-0.15, -0.1) is 11.3 Å². The maximum absolute atomic E-state index is 12.9. The number of thiophene rings is 2. The van der Waals surface area contributed by atoms with Gasteiger partial charge in [0.05, 0.1) is 25.5 Å². The first-order valence-electron chi connectivity index (χ1n) is 6.76. The fourth-order valence-corrected chi connectivity index (χ4v) is 4.58. The van der Waals surface area contributed by atoms with Crippen molar-refractivity contribution in [3.63, 3.8) is 0 Å². The van der Waals surface area contributed by atoms with Crippen molar-refractivity contribution < 1.29 is 9.34 Å². The minimum absolute atomic E-state index is 0.0596. The summed E-state index contributed by atoms with van der Waals surface area (Å²) < 4.78 is 5.90. The van der Waals surface area contributed by atoms with Gasteiger partial charge in [-0.05, 0) is 25.1 Å². The number of hydrogen-bond acceptors (Lipinski definition) is 6. The van der Waals surface area contributed by atoms with Gasteiger partial charge in [0.25, 0.3) is 0 Å². The van der Waals surface area contributed by atoms with Gasteiger partial charge in [0.15, 0.2) is 5.58 Å². The highest BCUT2D eigenvalue weighted by Gasteiger charge is 2.21. The van der Waals surface area contributed by atoms with E-state index in [1.165, 1.54) is 17.4 Å². The lowest BCUT2D eigenvalue weighted by atomic mass is 10.1. The third-order valence-electron chi connectivity index (χ3n) is 3.60. The maximum Gasteiger partial charge on any atom is 0.324 e. The summed E-state index contributed by atoms with van der Waals surface area (Å²) in [6.45, 7) is 1.89. The molecule has 23 heavy (non-hydrogen) atoms. The molecule has 0 unspecified atom stereocenters. The van der Waals surface area contributed by atoms with Gasteiger partial charge in [0.1, 0.15) is 5.58 Å². The van der Waals surface area contributed by atoms with Crippen LogP contribution in [0.4, 0.5) is 5.00 Å². The van der Waals surface area contributed by atoms with Gasteiger partial charge < -0.3 is 4.42 Å². The van der Waals surface area contributed by atoms with Crippen molar-refractivity contribution in [3.05, 3.63) is 61.6 Å². The van der Waals surface area contributed by atoms with Crippen LogP contribution in [0.3, 0.4) is 0 Å². The molecule has 0 bridgehead atoms. The Morgan fingerprint density at radius 2 is 1.91 bits per heavy atom. The third-order valence-corrected chi connectivity index (χ3v) is 5.90. The van der Waals surface area contributed by atoms with E-state index in [0.717, 1.165) is 21.1 Å². The van der Waals surface area contributed by atoms with Gasteiger partial charge in [0, 0.05) is 10.9 Å². The summed E-state index contributed by atoms with van der Waals surface area (Å²) >= 11 is 2.49. The minimum atomic E-state index is -0.422. The molecule has 0 aliphatic heterocycles. The van der Waals surface area contributed by atoms with Crippen LogP contribution in [0.15, 0.2) is 45.6 Å². The lowest BCUT2D eigenvalue weighted by molar-refractivity contribution is -0.380. The second-order valence-electron chi connectivity index (χ2n) is 5.01. The molecule has 0 amide bonds. The van der Waals surface area contributed by atoms with E-state index in [0.29, 0.717) is 26.8 Å². The molecule has 5 nitrogen and oxygen atoms in total. The van der Waals surface area contributed by atoms with E-state index in [2.05, 4.69) is 0 Å². The van der Waals surface area contributed by atoms with E-state index in [-0.39, 0.29) is 10.4 Å². The molecule has 0 atom stereocenters. The Morgan fingerprint density at radius 3 is 2.65 bits per heavy atom. The van der Waals surface area contributed by atoms with Crippen LogP contribution in [-0.2, 0) is 0 Å². The Balaban J connectivity index is 2.09. The van der Waals surface area contributed by atoms with Gasteiger partial charge in [0.2, 0.25) is 5.43 Å². The van der Waals surface area contributed by atoms with Gasteiger partial charge >= 0.3 is 5.00 Å². The molecular formula is C16H9NO4S2. The first-order valence-corrected chi connectivity index (χ1v) is 8.39. The van der Waals surface area contributed by atoms with Gasteiger partial charge in [-0.3, -0.25) is 14.9 Å². The topological polar surface area (TPSA) is 73.3 Å². The minimum Gasteiger partial charge on any atom is -0.455 e. The van der Waals surface area contributed by atoms with Gasteiger partial charge in [-0.1, -0.05) is 23.5 Å². The number of para-hydroxylation sites is 1. The molecule has 3 aromatic heterocycles. The van der Waals surface area contributed by atoms with Crippen LogP contribution in [0.25, 0.3) is 31.7 Å². The van der Waals surface area contributed by atoms with E-state index < -0.39 is 4.92 Å². The Kier molecular flexibility index (Phi) is 3.07. The third kappa shape index (κ3) is 2.08. The zero-order chi connectivity index (χ0) is 16.1. The molecule has 0 fully saturated rings. The molecule has 0 aliphatic rings. The molecule has 0 radical (unpaired) electrons. The number of rotatable bonds is 2. The average Bonchev–Trinajstić information content (AvgIpc) is 3.13. The molecular weight excluding hydrogens is 334 g/mol. The number of fused-ring (bicyclic) bond motifs is 2. The van der Waals surface area contributed by atoms with Crippen molar-refractivity contribution in [1.82, 2.24) is 0 Å². The summed E-state index contributed by atoms with van der Waals surface area (Å²) in [5, 5.41) is 12.0. The number of nitro groups is 1. The molecule has 3 heterocycles. The normalized spacial score (nSPS) is 11.3. The predicted octanol–water partition coefficient (Wildman–Crippen LogP) is 4.95. The Labute approximate surface area is 137 Å².